The van der Waals surface area contributed by atoms with Gasteiger partial charge in [-0.25, -0.2) is 0 Å². The summed E-state index contributed by atoms with van der Waals surface area (Å²) in [5.41, 5.74) is 2.80. The van der Waals surface area contributed by atoms with Gasteiger partial charge < -0.3 is 15.5 Å². The molecule has 0 spiro atoms. The number of nitrogens with one attached hydrogen (secondary N) is 2. The summed E-state index contributed by atoms with van der Waals surface area (Å²) in [6.07, 6.45) is 1.40. The molecule has 1 fully saturated rings. The van der Waals surface area contributed by atoms with Gasteiger partial charge in [0.1, 0.15) is 0 Å². The molecule has 0 aliphatic carbocycles. The molecule has 0 saturated carbocycles. The van der Waals surface area contributed by atoms with Crippen molar-refractivity contribution < 1.29 is 9.59 Å². The third-order valence-electron chi connectivity index (χ3n) is 3.32. The fourth-order valence-corrected chi connectivity index (χ4v) is 2.34. The molecule has 0 bridgehead atoms. The number of anilines is 2. The normalized spacial score (nSPS) is 14.5. The number of carbonyl (C=O) groups is 2. The highest BCUT2D eigenvalue weighted by molar-refractivity contribution is 5.97. The molecule has 0 radical (unpaired) electrons. The van der Waals surface area contributed by atoms with E-state index in [4.69, 9.17) is 0 Å². The number of rotatable bonds is 5. The van der Waals surface area contributed by atoms with Crippen molar-refractivity contribution in [2.24, 2.45) is 0 Å². The van der Waals surface area contributed by atoms with Crippen LogP contribution < -0.4 is 10.6 Å². The van der Waals surface area contributed by atoms with Gasteiger partial charge in [-0.05, 0) is 38.0 Å². The van der Waals surface area contributed by atoms with Crippen molar-refractivity contribution in [1.82, 2.24) is 4.90 Å². The fraction of sp³-hybridized carbons (Fsp3) is 0.467. The van der Waals surface area contributed by atoms with E-state index in [9.17, 15) is 9.59 Å². The van der Waals surface area contributed by atoms with E-state index in [0.29, 0.717) is 13.0 Å². The average molecular weight is 275 g/mol. The summed E-state index contributed by atoms with van der Waals surface area (Å²) in [7, 11) is 0. The maximum Gasteiger partial charge on any atom is 0.244 e. The van der Waals surface area contributed by atoms with Crippen molar-refractivity contribution in [2.45, 2.75) is 26.7 Å². The van der Waals surface area contributed by atoms with E-state index in [-0.39, 0.29) is 18.4 Å². The number of benzene rings is 1. The molecule has 2 amide bonds. The summed E-state index contributed by atoms with van der Waals surface area (Å²) < 4.78 is 0. The minimum absolute atomic E-state index is 0.0657. The molecule has 5 nitrogen and oxygen atoms in total. The lowest BCUT2D eigenvalue weighted by Gasteiger charge is -2.17. The molecule has 1 aliphatic rings. The molecule has 20 heavy (non-hydrogen) atoms. The molecule has 0 atom stereocenters. The molecule has 1 heterocycles. The molecular formula is C15H21N3O2. The Morgan fingerprint density at radius 1 is 1.35 bits per heavy atom. The van der Waals surface area contributed by atoms with Crippen LogP contribution in [0.4, 0.5) is 11.4 Å². The van der Waals surface area contributed by atoms with Crippen LogP contribution in [0.2, 0.25) is 0 Å². The second-order valence-corrected chi connectivity index (χ2v) is 5.05. The number of hydrogen-bond acceptors (Lipinski definition) is 3. The molecule has 1 saturated heterocycles. The predicted octanol–water partition coefficient (Wildman–Crippen LogP) is 1.99. The topological polar surface area (TPSA) is 61.4 Å². The summed E-state index contributed by atoms with van der Waals surface area (Å²) >= 11 is 0. The second kappa shape index (κ2) is 6.41. The van der Waals surface area contributed by atoms with Gasteiger partial charge in [-0.2, -0.15) is 0 Å². The number of likely N-dealkylation sites (tertiary alicyclic amines) is 1. The Morgan fingerprint density at radius 2 is 2.15 bits per heavy atom. The van der Waals surface area contributed by atoms with Gasteiger partial charge in [0, 0.05) is 19.5 Å². The molecule has 1 aromatic rings. The number of hydrogen-bond donors (Lipinski definition) is 2. The molecule has 0 unspecified atom stereocenters. The van der Waals surface area contributed by atoms with E-state index in [1.165, 1.54) is 0 Å². The van der Waals surface area contributed by atoms with Crippen molar-refractivity contribution in [1.29, 1.82) is 0 Å². The SMILES string of the molecule is CCNc1cc(C)ccc1NC(=O)CN1CCCC1=O. The first-order valence-electron chi connectivity index (χ1n) is 7.02. The minimum atomic E-state index is -0.150. The lowest BCUT2D eigenvalue weighted by molar-refractivity contribution is -0.131. The van der Waals surface area contributed by atoms with Crippen molar-refractivity contribution in [2.75, 3.05) is 30.3 Å². The molecule has 0 aromatic heterocycles. The van der Waals surface area contributed by atoms with E-state index in [1.807, 2.05) is 32.0 Å². The Labute approximate surface area is 119 Å². The van der Waals surface area contributed by atoms with Gasteiger partial charge in [0.2, 0.25) is 11.8 Å². The molecule has 1 aliphatic heterocycles. The standard InChI is InChI=1S/C15H21N3O2/c1-3-16-13-9-11(2)6-7-12(13)17-14(19)10-18-8-4-5-15(18)20/h6-7,9,16H,3-5,8,10H2,1-2H3,(H,17,19). The van der Waals surface area contributed by atoms with Gasteiger partial charge in [-0.3, -0.25) is 9.59 Å². The third kappa shape index (κ3) is 3.50. The van der Waals surface area contributed by atoms with E-state index < -0.39 is 0 Å². The Balaban J connectivity index is 2.01. The molecule has 108 valence electrons. The molecular weight excluding hydrogens is 254 g/mol. The summed E-state index contributed by atoms with van der Waals surface area (Å²) in [5, 5.41) is 6.10. The lowest BCUT2D eigenvalue weighted by atomic mass is 10.2. The summed E-state index contributed by atoms with van der Waals surface area (Å²) in [5.74, 6) is -0.0841. The zero-order valence-corrected chi connectivity index (χ0v) is 12.0. The Hall–Kier alpha value is -2.04. The van der Waals surface area contributed by atoms with E-state index in [2.05, 4.69) is 10.6 Å². The van der Waals surface area contributed by atoms with E-state index in [0.717, 1.165) is 29.9 Å². The molecule has 2 N–H and O–H groups in total. The van der Waals surface area contributed by atoms with Crippen LogP contribution in [-0.2, 0) is 9.59 Å². The van der Waals surface area contributed by atoms with Crippen molar-refractivity contribution in [3.8, 4) is 0 Å². The molecule has 5 heteroatoms. The van der Waals surface area contributed by atoms with Gasteiger partial charge in [0.15, 0.2) is 0 Å². The number of amides is 2. The monoisotopic (exact) mass is 275 g/mol. The maximum absolute atomic E-state index is 12.0. The van der Waals surface area contributed by atoms with Crippen LogP contribution >= 0.6 is 0 Å². The van der Waals surface area contributed by atoms with Gasteiger partial charge in [0.25, 0.3) is 0 Å². The van der Waals surface area contributed by atoms with E-state index >= 15 is 0 Å². The smallest absolute Gasteiger partial charge is 0.244 e. The van der Waals surface area contributed by atoms with Gasteiger partial charge in [-0.15, -0.1) is 0 Å². The quantitative estimate of drug-likeness (QED) is 0.864. The van der Waals surface area contributed by atoms with Crippen LogP contribution in [-0.4, -0.2) is 36.3 Å². The molecule has 2 rings (SSSR count). The van der Waals surface area contributed by atoms with Gasteiger partial charge in [-0.1, -0.05) is 6.07 Å². The highest BCUT2D eigenvalue weighted by Gasteiger charge is 2.22. The minimum Gasteiger partial charge on any atom is -0.384 e. The Kier molecular flexibility index (Phi) is 4.61. The highest BCUT2D eigenvalue weighted by atomic mass is 16.2. The first-order chi connectivity index (χ1) is 9.60. The summed E-state index contributed by atoms with van der Waals surface area (Å²) in [4.78, 5) is 25.1. The number of aryl methyl sites for hydroxylation is 1. The van der Waals surface area contributed by atoms with Crippen LogP contribution in [0.5, 0.6) is 0 Å². The predicted molar refractivity (Wildman–Crippen MR) is 79.8 cm³/mol. The molecule has 1 aromatic carbocycles. The van der Waals surface area contributed by atoms with Crippen LogP contribution in [0.15, 0.2) is 18.2 Å². The zero-order valence-electron chi connectivity index (χ0n) is 12.0. The van der Waals surface area contributed by atoms with Crippen LogP contribution in [0, 0.1) is 6.92 Å². The summed E-state index contributed by atoms with van der Waals surface area (Å²) in [6, 6.07) is 5.84. The van der Waals surface area contributed by atoms with Crippen LogP contribution in [0.1, 0.15) is 25.3 Å². The fourth-order valence-electron chi connectivity index (χ4n) is 2.34. The number of nitrogens with zero attached hydrogens (tertiary/aromatic N) is 1. The van der Waals surface area contributed by atoms with Crippen molar-refractivity contribution in [3.05, 3.63) is 23.8 Å². The van der Waals surface area contributed by atoms with E-state index in [1.54, 1.807) is 4.90 Å². The first kappa shape index (κ1) is 14.4. The van der Waals surface area contributed by atoms with Gasteiger partial charge >= 0.3 is 0 Å². The van der Waals surface area contributed by atoms with Crippen molar-refractivity contribution in [3.63, 3.8) is 0 Å². The van der Waals surface area contributed by atoms with Gasteiger partial charge in [0.05, 0.1) is 17.9 Å². The van der Waals surface area contributed by atoms with Crippen LogP contribution in [0.25, 0.3) is 0 Å². The largest absolute Gasteiger partial charge is 0.384 e. The summed E-state index contributed by atoms with van der Waals surface area (Å²) in [6.45, 7) is 5.63. The van der Waals surface area contributed by atoms with Crippen molar-refractivity contribution >= 4 is 23.2 Å². The lowest BCUT2D eigenvalue weighted by Crippen LogP contribution is -2.34. The highest BCUT2D eigenvalue weighted by Crippen LogP contribution is 2.23. The second-order valence-electron chi connectivity index (χ2n) is 5.05. The Morgan fingerprint density at radius 3 is 2.80 bits per heavy atom. The first-order valence-corrected chi connectivity index (χ1v) is 7.02. The third-order valence-corrected chi connectivity index (χ3v) is 3.32. The van der Waals surface area contributed by atoms with Crippen LogP contribution in [0.3, 0.4) is 0 Å². The zero-order chi connectivity index (χ0) is 14.5. The Bertz CT molecular complexity index is 514. The average Bonchev–Trinajstić information content (AvgIpc) is 2.79. The number of carbonyl (C=O) groups excluding carboxylic acids is 2. The maximum atomic E-state index is 12.0.